The second-order valence-corrected chi connectivity index (χ2v) is 4.99. The Bertz CT molecular complexity index is 581. The Balaban J connectivity index is 2.13. The summed E-state index contributed by atoms with van der Waals surface area (Å²) in [5, 5.41) is 14.3. The van der Waals surface area contributed by atoms with Gasteiger partial charge < -0.3 is 11.1 Å². The molecule has 1 aromatic heterocycles. The number of nitriles is 1. The van der Waals surface area contributed by atoms with Crippen LogP contribution < -0.4 is 11.1 Å². The second kappa shape index (κ2) is 5.56. The largest absolute Gasteiger partial charge is 0.397 e. The lowest BCUT2D eigenvalue weighted by Crippen LogP contribution is -2.03. The molecule has 92 valence electrons. The van der Waals surface area contributed by atoms with Crippen LogP contribution in [0.3, 0.4) is 0 Å². The predicted molar refractivity (Wildman–Crippen MR) is 76.6 cm³/mol. The molecule has 18 heavy (non-hydrogen) atoms. The van der Waals surface area contributed by atoms with E-state index in [4.69, 9.17) is 11.0 Å². The van der Waals surface area contributed by atoms with Gasteiger partial charge in [0, 0.05) is 11.4 Å². The lowest BCUT2D eigenvalue weighted by atomic mass is 10.1. The van der Waals surface area contributed by atoms with Crippen molar-refractivity contribution in [2.45, 2.75) is 19.9 Å². The van der Waals surface area contributed by atoms with Gasteiger partial charge in [-0.3, -0.25) is 0 Å². The Morgan fingerprint density at radius 1 is 1.39 bits per heavy atom. The highest BCUT2D eigenvalue weighted by Gasteiger charge is 2.04. The third kappa shape index (κ3) is 2.63. The van der Waals surface area contributed by atoms with Gasteiger partial charge in [-0.25, -0.2) is 0 Å². The van der Waals surface area contributed by atoms with E-state index in [1.807, 2.05) is 0 Å². The van der Waals surface area contributed by atoms with Gasteiger partial charge in [0.2, 0.25) is 0 Å². The molecule has 2 aromatic rings. The van der Waals surface area contributed by atoms with Crippen molar-refractivity contribution in [2.75, 3.05) is 11.1 Å². The molecule has 2 rings (SSSR count). The molecule has 0 saturated heterocycles. The van der Waals surface area contributed by atoms with Crippen LogP contribution in [0.1, 0.15) is 22.9 Å². The zero-order valence-electron chi connectivity index (χ0n) is 10.2. The minimum Gasteiger partial charge on any atom is -0.397 e. The zero-order chi connectivity index (χ0) is 13.0. The molecule has 0 amide bonds. The van der Waals surface area contributed by atoms with Crippen LogP contribution in [-0.4, -0.2) is 0 Å². The molecule has 0 aliphatic heterocycles. The zero-order valence-corrected chi connectivity index (χ0v) is 11.1. The number of hydrogen-bond acceptors (Lipinski definition) is 4. The Labute approximate surface area is 111 Å². The topological polar surface area (TPSA) is 61.8 Å². The molecular weight excluding hydrogens is 242 g/mol. The van der Waals surface area contributed by atoms with E-state index in [0.717, 1.165) is 18.7 Å². The van der Waals surface area contributed by atoms with Crippen molar-refractivity contribution in [1.29, 1.82) is 5.26 Å². The summed E-state index contributed by atoms with van der Waals surface area (Å²) in [7, 11) is 0. The van der Waals surface area contributed by atoms with Gasteiger partial charge in [-0.05, 0) is 41.6 Å². The van der Waals surface area contributed by atoms with E-state index in [9.17, 15) is 0 Å². The molecule has 0 saturated carbocycles. The molecule has 3 N–H and O–H groups in total. The molecule has 0 aliphatic carbocycles. The monoisotopic (exact) mass is 257 g/mol. The van der Waals surface area contributed by atoms with Crippen molar-refractivity contribution < 1.29 is 0 Å². The van der Waals surface area contributed by atoms with E-state index in [2.05, 4.69) is 29.8 Å². The quantitative estimate of drug-likeness (QED) is 0.825. The Kier molecular flexibility index (Phi) is 3.85. The SMILES string of the molecule is CCc1ccsc1CNc1cc(C#N)ccc1N. The second-order valence-electron chi connectivity index (χ2n) is 3.99. The number of nitrogens with two attached hydrogens (primary N) is 1. The van der Waals surface area contributed by atoms with Crippen LogP contribution in [0.15, 0.2) is 29.6 Å². The number of rotatable bonds is 4. The summed E-state index contributed by atoms with van der Waals surface area (Å²) in [6.45, 7) is 2.90. The number of nitrogen functional groups attached to an aromatic ring is 1. The van der Waals surface area contributed by atoms with E-state index in [1.54, 1.807) is 29.5 Å². The summed E-state index contributed by atoms with van der Waals surface area (Å²) >= 11 is 1.74. The summed E-state index contributed by atoms with van der Waals surface area (Å²) < 4.78 is 0. The molecule has 4 heteroatoms. The standard InChI is InChI=1S/C14H15N3S/c1-2-11-5-6-18-14(11)9-17-13-7-10(8-15)3-4-12(13)16/h3-7,17H,2,9,16H2,1H3. The fourth-order valence-corrected chi connectivity index (χ4v) is 2.71. The molecule has 3 nitrogen and oxygen atoms in total. The van der Waals surface area contributed by atoms with Crippen molar-refractivity contribution in [2.24, 2.45) is 0 Å². The van der Waals surface area contributed by atoms with Crippen molar-refractivity contribution in [3.05, 3.63) is 45.6 Å². The molecule has 0 radical (unpaired) electrons. The van der Waals surface area contributed by atoms with Crippen molar-refractivity contribution in [1.82, 2.24) is 0 Å². The normalized spacial score (nSPS) is 10.0. The Morgan fingerprint density at radius 3 is 2.94 bits per heavy atom. The lowest BCUT2D eigenvalue weighted by molar-refractivity contribution is 1.08. The van der Waals surface area contributed by atoms with E-state index in [0.29, 0.717) is 11.3 Å². The maximum atomic E-state index is 8.87. The molecular formula is C14H15N3S. The van der Waals surface area contributed by atoms with E-state index in [-0.39, 0.29) is 0 Å². The van der Waals surface area contributed by atoms with Crippen LogP contribution in [-0.2, 0) is 13.0 Å². The summed E-state index contributed by atoms with van der Waals surface area (Å²) in [6.07, 6.45) is 1.04. The molecule has 1 aromatic carbocycles. The number of aryl methyl sites for hydroxylation is 1. The fraction of sp³-hybridized carbons (Fsp3) is 0.214. The van der Waals surface area contributed by atoms with Gasteiger partial charge in [-0.1, -0.05) is 6.92 Å². The van der Waals surface area contributed by atoms with Crippen molar-refractivity contribution in [3.8, 4) is 6.07 Å². The molecule has 1 heterocycles. The maximum Gasteiger partial charge on any atom is 0.0992 e. The van der Waals surface area contributed by atoms with Crippen LogP contribution in [0.5, 0.6) is 0 Å². The van der Waals surface area contributed by atoms with Crippen LogP contribution in [0.2, 0.25) is 0 Å². The average Bonchev–Trinajstić information content (AvgIpc) is 2.85. The summed E-state index contributed by atoms with van der Waals surface area (Å²) in [4.78, 5) is 1.32. The summed E-state index contributed by atoms with van der Waals surface area (Å²) in [5.41, 5.74) is 9.36. The number of nitrogens with one attached hydrogen (secondary N) is 1. The van der Waals surface area contributed by atoms with Gasteiger partial charge in [0.1, 0.15) is 0 Å². The van der Waals surface area contributed by atoms with Crippen LogP contribution >= 0.6 is 11.3 Å². The van der Waals surface area contributed by atoms with Gasteiger partial charge in [0.25, 0.3) is 0 Å². The highest BCUT2D eigenvalue weighted by atomic mass is 32.1. The van der Waals surface area contributed by atoms with E-state index < -0.39 is 0 Å². The van der Waals surface area contributed by atoms with Crippen LogP contribution in [0.25, 0.3) is 0 Å². The molecule has 0 unspecified atom stereocenters. The summed E-state index contributed by atoms with van der Waals surface area (Å²) in [6, 6.07) is 9.54. The average molecular weight is 257 g/mol. The third-order valence-electron chi connectivity index (χ3n) is 2.84. The first-order valence-corrected chi connectivity index (χ1v) is 6.71. The molecule has 0 spiro atoms. The van der Waals surface area contributed by atoms with Crippen LogP contribution in [0, 0.1) is 11.3 Å². The van der Waals surface area contributed by atoms with Gasteiger partial charge in [0.05, 0.1) is 23.0 Å². The fourth-order valence-electron chi connectivity index (χ4n) is 1.79. The third-order valence-corrected chi connectivity index (χ3v) is 3.80. The Morgan fingerprint density at radius 2 is 2.22 bits per heavy atom. The first-order valence-electron chi connectivity index (χ1n) is 5.83. The number of nitrogens with zero attached hydrogens (tertiary/aromatic N) is 1. The van der Waals surface area contributed by atoms with Crippen molar-refractivity contribution in [3.63, 3.8) is 0 Å². The number of anilines is 2. The lowest BCUT2D eigenvalue weighted by Gasteiger charge is -2.09. The maximum absolute atomic E-state index is 8.87. The van der Waals surface area contributed by atoms with Gasteiger partial charge >= 0.3 is 0 Å². The number of thiophene rings is 1. The minimum atomic E-state index is 0.619. The minimum absolute atomic E-state index is 0.619. The Hall–Kier alpha value is -1.99. The highest BCUT2D eigenvalue weighted by molar-refractivity contribution is 7.10. The van der Waals surface area contributed by atoms with Crippen LogP contribution in [0.4, 0.5) is 11.4 Å². The smallest absolute Gasteiger partial charge is 0.0992 e. The highest BCUT2D eigenvalue weighted by Crippen LogP contribution is 2.23. The number of benzene rings is 1. The van der Waals surface area contributed by atoms with E-state index in [1.165, 1.54) is 10.4 Å². The first kappa shape index (κ1) is 12.5. The molecule has 0 aliphatic rings. The van der Waals surface area contributed by atoms with E-state index >= 15 is 0 Å². The molecule has 0 atom stereocenters. The molecule has 0 fully saturated rings. The van der Waals surface area contributed by atoms with Crippen molar-refractivity contribution >= 4 is 22.7 Å². The molecule has 0 bridgehead atoms. The first-order chi connectivity index (χ1) is 8.74. The van der Waals surface area contributed by atoms with Gasteiger partial charge in [-0.2, -0.15) is 5.26 Å². The van der Waals surface area contributed by atoms with Gasteiger partial charge in [0.15, 0.2) is 0 Å². The summed E-state index contributed by atoms with van der Waals surface area (Å²) in [5.74, 6) is 0. The predicted octanol–water partition coefficient (Wildman–Crippen LogP) is 3.38. The van der Waals surface area contributed by atoms with Gasteiger partial charge in [-0.15, -0.1) is 11.3 Å². The number of hydrogen-bond donors (Lipinski definition) is 2.